The van der Waals surface area contributed by atoms with Crippen molar-refractivity contribution in [3.05, 3.63) is 18.0 Å². The van der Waals surface area contributed by atoms with Gasteiger partial charge >= 0.3 is 5.97 Å². The Balaban J connectivity index is 1.80. The number of fused-ring (bicyclic) bond motifs is 1. The largest absolute Gasteiger partial charge is 0.480 e. The fourth-order valence-corrected chi connectivity index (χ4v) is 3.53. The van der Waals surface area contributed by atoms with Crippen molar-refractivity contribution in [1.82, 2.24) is 10.1 Å². The monoisotopic (exact) mass is 250 g/mol. The lowest BCUT2D eigenvalue weighted by Gasteiger charge is -2.32. The summed E-state index contributed by atoms with van der Waals surface area (Å²) in [4.78, 5) is 13.5. The second kappa shape index (κ2) is 4.72. The van der Waals surface area contributed by atoms with Crippen LogP contribution in [0.4, 0.5) is 0 Å². The van der Waals surface area contributed by atoms with Crippen molar-refractivity contribution in [1.29, 1.82) is 0 Å². The second-order valence-electron chi connectivity index (χ2n) is 5.35. The Bertz CT molecular complexity index is 418. The lowest BCUT2D eigenvalue weighted by molar-refractivity contribution is -0.143. The molecular formula is C13H18N2O3. The average Bonchev–Trinajstić information content (AvgIpc) is 2.98. The number of hydrogen-bond donors (Lipinski definition) is 1. The number of nitrogens with zero attached hydrogens (tertiary/aromatic N) is 2. The van der Waals surface area contributed by atoms with Gasteiger partial charge in [-0.25, -0.2) is 0 Å². The first-order chi connectivity index (χ1) is 8.75. The highest BCUT2D eigenvalue weighted by Crippen LogP contribution is 2.40. The van der Waals surface area contributed by atoms with E-state index in [4.69, 9.17) is 4.52 Å². The summed E-state index contributed by atoms with van der Waals surface area (Å²) in [6.07, 6.45) is 7.13. The van der Waals surface area contributed by atoms with E-state index in [9.17, 15) is 9.90 Å². The normalized spacial score (nSPS) is 32.3. The molecule has 5 nitrogen and oxygen atoms in total. The fraction of sp³-hybridized carbons (Fsp3) is 0.692. The van der Waals surface area contributed by atoms with Gasteiger partial charge in [0.15, 0.2) is 5.76 Å². The van der Waals surface area contributed by atoms with Crippen molar-refractivity contribution < 1.29 is 14.4 Å². The van der Waals surface area contributed by atoms with Crippen LogP contribution in [0.3, 0.4) is 0 Å². The number of carboxylic acids is 1. The summed E-state index contributed by atoms with van der Waals surface area (Å²) >= 11 is 0. The molecule has 98 valence electrons. The molecule has 0 amide bonds. The van der Waals surface area contributed by atoms with Gasteiger partial charge in [0.05, 0.1) is 12.7 Å². The molecule has 18 heavy (non-hydrogen) atoms. The molecule has 2 aliphatic rings. The summed E-state index contributed by atoms with van der Waals surface area (Å²) in [5.74, 6) is 0.596. The van der Waals surface area contributed by atoms with E-state index in [1.165, 1.54) is 19.3 Å². The number of aliphatic carboxylic acids is 1. The van der Waals surface area contributed by atoms with E-state index in [2.05, 4.69) is 10.1 Å². The topological polar surface area (TPSA) is 66.6 Å². The molecule has 1 N–H and O–H groups in total. The molecule has 1 aliphatic carbocycles. The molecule has 2 heterocycles. The zero-order valence-electron chi connectivity index (χ0n) is 10.3. The molecule has 0 aromatic carbocycles. The van der Waals surface area contributed by atoms with Crippen LogP contribution in [0.5, 0.6) is 0 Å². The van der Waals surface area contributed by atoms with Crippen molar-refractivity contribution in [2.24, 2.45) is 5.92 Å². The lowest BCUT2D eigenvalue weighted by atomic mass is 9.85. The maximum absolute atomic E-state index is 11.4. The Hall–Kier alpha value is -1.36. The SMILES string of the molecule is O=C(O)[C@@H]1C[C@@H]2CCCC[C@@H]2N1Cc1ccno1. The summed E-state index contributed by atoms with van der Waals surface area (Å²) in [7, 11) is 0. The van der Waals surface area contributed by atoms with Crippen LogP contribution in [-0.2, 0) is 11.3 Å². The van der Waals surface area contributed by atoms with Crippen LogP contribution in [0.25, 0.3) is 0 Å². The van der Waals surface area contributed by atoms with Crippen molar-refractivity contribution in [3.8, 4) is 0 Å². The van der Waals surface area contributed by atoms with Gasteiger partial charge in [-0.3, -0.25) is 9.69 Å². The van der Waals surface area contributed by atoms with E-state index in [0.29, 0.717) is 18.5 Å². The molecule has 1 aliphatic heterocycles. The highest BCUT2D eigenvalue weighted by molar-refractivity contribution is 5.74. The maximum Gasteiger partial charge on any atom is 0.320 e. The van der Waals surface area contributed by atoms with Gasteiger partial charge in [-0.1, -0.05) is 18.0 Å². The zero-order chi connectivity index (χ0) is 12.5. The summed E-state index contributed by atoms with van der Waals surface area (Å²) in [5.41, 5.74) is 0. The number of rotatable bonds is 3. The third-order valence-corrected chi connectivity index (χ3v) is 4.34. The van der Waals surface area contributed by atoms with E-state index in [0.717, 1.165) is 18.6 Å². The Morgan fingerprint density at radius 3 is 3.06 bits per heavy atom. The van der Waals surface area contributed by atoms with Gasteiger partial charge < -0.3 is 9.63 Å². The Morgan fingerprint density at radius 2 is 2.33 bits per heavy atom. The highest BCUT2D eigenvalue weighted by atomic mass is 16.5. The Kier molecular flexibility index (Phi) is 3.07. The molecule has 5 heteroatoms. The third kappa shape index (κ3) is 2.03. The predicted octanol–water partition coefficient (Wildman–Crippen LogP) is 1.89. The maximum atomic E-state index is 11.4. The molecule has 3 rings (SSSR count). The van der Waals surface area contributed by atoms with Gasteiger partial charge in [-0.15, -0.1) is 0 Å². The first-order valence-corrected chi connectivity index (χ1v) is 6.64. The highest BCUT2D eigenvalue weighted by Gasteiger charge is 2.45. The minimum Gasteiger partial charge on any atom is -0.480 e. The summed E-state index contributed by atoms with van der Waals surface area (Å²) < 4.78 is 5.12. The average molecular weight is 250 g/mol. The Labute approximate surface area is 106 Å². The smallest absolute Gasteiger partial charge is 0.320 e. The molecule has 0 spiro atoms. The van der Waals surface area contributed by atoms with Crippen LogP contribution in [0, 0.1) is 5.92 Å². The molecular weight excluding hydrogens is 232 g/mol. The molecule has 0 unspecified atom stereocenters. The molecule has 1 saturated carbocycles. The summed E-state index contributed by atoms with van der Waals surface area (Å²) in [5, 5.41) is 13.1. The molecule has 0 bridgehead atoms. The van der Waals surface area contributed by atoms with E-state index in [1.807, 2.05) is 6.07 Å². The number of likely N-dealkylation sites (tertiary alicyclic amines) is 1. The van der Waals surface area contributed by atoms with Gasteiger partial charge in [0, 0.05) is 12.1 Å². The quantitative estimate of drug-likeness (QED) is 0.887. The van der Waals surface area contributed by atoms with Crippen LogP contribution >= 0.6 is 0 Å². The van der Waals surface area contributed by atoms with Crippen LogP contribution in [0.15, 0.2) is 16.8 Å². The van der Waals surface area contributed by atoms with Crippen molar-refractivity contribution in [2.75, 3.05) is 0 Å². The first-order valence-electron chi connectivity index (χ1n) is 6.64. The van der Waals surface area contributed by atoms with Gasteiger partial charge in [-0.2, -0.15) is 0 Å². The standard InChI is InChI=1S/C13H18N2O3/c16-13(17)12-7-9-3-1-2-4-11(9)15(12)8-10-5-6-14-18-10/h5-6,9,11-12H,1-4,7-8H2,(H,16,17)/t9-,11-,12-/m0/s1. The zero-order valence-corrected chi connectivity index (χ0v) is 10.3. The van der Waals surface area contributed by atoms with Crippen LogP contribution in [0.1, 0.15) is 37.9 Å². The predicted molar refractivity (Wildman–Crippen MR) is 63.8 cm³/mol. The summed E-state index contributed by atoms with van der Waals surface area (Å²) in [6, 6.07) is 1.86. The first kappa shape index (κ1) is 11.7. The number of hydrogen-bond acceptors (Lipinski definition) is 4. The summed E-state index contributed by atoms with van der Waals surface area (Å²) in [6.45, 7) is 0.568. The van der Waals surface area contributed by atoms with E-state index in [1.54, 1.807) is 6.20 Å². The number of carboxylic acid groups (broad SMARTS) is 1. The fourth-order valence-electron chi connectivity index (χ4n) is 3.53. The molecule has 1 saturated heterocycles. The molecule has 1 aromatic rings. The third-order valence-electron chi connectivity index (χ3n) is 4.34. The van der Waals surface area contributed by atoms with Crippen molar-refractivity contribution >= 4 is 5.97 Å². The van der Waals surface area contributed by atoms with Gasteiger partial charge in [0.2, 0.25) is 0 Å². The molecule has 2 fully saturated rings. The Morgan fingerprint density at radius 1 is 1.50 bits per heavy atom. The van der Waals surface area contributed by atoms with Gasteiger partial charge in [0.1, 0.15) is 6.04 Å². The van der Waals surface area contributed by atoms with Crippen LogP contribution < -0.4 is 0 Å². The molecule has 0 radical (unpaired) electrons. The van der Waals surface area contributed by atoms with E-state index in [-0.39, 0.29) is 6.04 Å². The van der Waals surface area contributed by atoms with Crippen LogP contribution in [0.2, 0.25) is 0 Å². The van der Waals surface area contributed by atoms with Crippen molar-refractivity contribution in [2.45, 2.75) is 50.7 Å². The number of carbonyl (C=O) groups is 1. The van der Waals surface area contributed by atoms with Gasteiger partial charge in [-0.05, 0) is 25.2 Å². The lowest BCUT2D eigenvalue weighted by Crippen LogP contribution is -2.41. The van der Waals surface area contributed by atoms with Crippen LogP contribution in [-0.4, -0.2) is 33.2 Å². The van der Waals surface area contributed by atoms with Gasteiger partial charge in [0.25, 0.3) is 0 Å². The molecule has 1 aromatic heterocycles. The van der Waals surface area contributed by atoms with Crippen molar-refractivity contribution in [3.63, 3.8) is 0 Å². The minimum absolute atomic E-state index is 0.358. The molecule has 3 atom stereocenters. The number of aromatic nitrogens is 1. The second-order valence-corrected chi connectivity index (χ2v) is 5.35. The minimum atomic E-state index is -0.705. The van der Waals surface area contributed by atoms with E-state index < -0.39 is 5.97 Å². The van der Waals surface area contributed by atoms with E-state index >= 15 is 0 Å².